The van der Waals surface area contributed by atoms with E-state index in [9.17, 15) is 15.0 Å². The van der Waals surface area contributed by atoms with E-state index in [1.165, 1.54) is 13.3 Å². The SMILES string of the molecule is CCCCOCc1c([C@](CC)(OCCCC)[C@H](O)C(=O)O)ccnc1OC. The van der Waals surface area contributed by atoms with Crippen molar-refractivity contribution in [2.75, 3.05) is 20.3 Å². The van der Waals surface area contributed by atoms with Crippen LogP contribution in [0.4, 0.5) is 0 Å². The van der Waals surface area contributed by atoms with Crippen LogP contribution in [0.1, 0.15) is 64.0 Å². The zero-order chi connectivity index (χ0) is 20.3. The third kappa shape index (κ3) is 5.89. The van der Waals surface area contributed by atoms with Crippen molar-refractivity contribution < 1.29 is 29.2 Å². The van der Waals surface area contributed by atoms with E-state index in [4.69, 9.17) is 14.2 Å². The highest BCUT2D eigenvalue weighted by Gasteiger charge is 2.45. The molecule has 0 aliphatic rings. The first kappa shape index (κ1) is 23.3. The molecule has 1 aromatic rings. The van der Waals surface area contributed by atoms with Crippen LogP contribution in [0.15, 0.2) is 12.3 Å². The summed E-state index contributed by atoms with van der Waals surface area (Å²) in [7, 11) is 1.50. The van der Waals surface area contributed by atoms with Gasteiger partial charge in [0.2, 0.25) is 5.88 Å². The molecule has 2 N–H and O–H groups in total. The van der Waals surface area contributed by atoms with Gasteiger partial charge in [0.25, 0.3) is 0 Å². The first-order chi connectivity index (χ1) is 13.0. The normalized spacial score (nSPS) is 14.6. The standard InChI is InChI=1S/C20H33NO6/c1-5-8-12-26-14-15-16(10-11-21-18(15)25-4)20(7-3,17(22)19(23)24)27-13-9-6-2/h10-11,17,22H,5-9,12-14H2,1-4H3,(H,23,24)/t17-,20+/m1/s1. The lowest BCUT2D eigenvalue weighted by Gasteiger charge is -2.37. The number of pyridine rings is 1. The van der Waals surface area contributed by atoms with Crippen LogP contribution >= 0.6 is 0 Å². The topological polar surface area (TPSA) is 98.1 Å². The van der Waals surface area contributed by atoms with Gasteiger partial charge in [0.05, 0.1) is 13.7 Å². The molecule has 154 valence electrons. The second-order valence-electron chi connectivity index (χ2n) is 6.44. The quantitative estimate of drug-likeness (QED) is 0.476. The molecule has 27 heavy (non-hydrogen) atoms. The summed E-state index contributed by atoms with van der Waals surface area (Å²) >= 11 is 0. The van der Waals surface area contributed by atoms with Gasteiger partial charge in [-0.1, -0.05) is 33.6 Å². The molecule has 0 saturated heterocycles. The summed E-state index contributed by atoms with van der Waals surface area (Å²) in [6.45, 7) is 7.02. The average molecular weight is 383 g/mol. The fraction of sp³-hybridized carbons (Fsp3) is 0.700. The van der Waals surface area contributed by atoms with Gasteiger partial charge in [0.15, 0.2) is 6.10 Å². The van der Waals surface area contributed by atoms with Crippen LogP contribution < -0.4 is 4.74 Å². The van der Waals surface area contributed by atoms with E-state index in [1.54, 1.807) is 13.0 Å². The van der Waals surface area contributed by atoms with E-state index in [1.807, 2.05) is 6.92 Å². The molecule has 0 amide bonds. The molecule has 2 atom stereocenters. The van der Waals surface area contributed by atoms with E-state index >= 15 is 0 Å². The van der Waals surface area contributed by atoms with Crippen molar-refractivity contribution in [3.8, 4) is 5.88 Å². The van der Waals surface area contributed by atoms with E-state index in [2.05, 4.69) is 11.9 Å². The summed E-state index contributed by atoms with van der Waals surface area (Å²) < 4.78 is 17.1. The van der Waals surface area contributed by atoms with Crippen molar-refractivity contribution >= 4 is 5.97 Å². The lowest BCUT2D eigenvalue weighted by Crippen LogP contribution is -2.47. The summed E-state index contributed by atoms with van der Waals surface area (Å²) in [6, 6.07) is 1.68. The van der Waals surface area contributed by atoms with Gasteiger partial charge < -0.3 is 24.4 Å². The first-order valence-corrected chi connectivity index (χ1v) is 9.63. The highest BCUT2D eigenvalue weighted by molar-refractivity contribution is 5.74. The summed E-state index contributed by atoms with van der Waals surface area (Å²) in [5.41, 5.74) is -0.255. The number of aromatic nitrogens is 1. The van der Waals surface area contributed by atoms with Crippen LogP contribution in [0, 0.1) is 0 Å². The maximum atomic E-state index is 11.7. The van der Waals surface area contributed by atoms with Crippen LogP contribution in [0.2, 0.25) is 0 Å². The Morgan fingerprint density at radius 2 is 1.89 bits per heavy atom. The molecule has 0 radical (unpaired) electrons. The average Bonchev–Trinajstić information content (AvgIpc) is 2.68. The molecular formula is C20H33NO6. The van der Waals surface area contributed by atoms with Gasteiger partial charge in [-0.05, 0) is 30.9 Å². The number of rotatable bonds is 14. The minimum Gasteiger partial charge on any atom is -0.481 e. The van der Waals surface area contributed by atoms with Gasteiger partial charge in [0, 0.05) is 25.0 Å². The van der Waals surface area contributed by atoms with Crippen LogP contribution in [0.3, 0.4) is 0 Å². The molecule has 1 aromatic heterocycles. The Morgan fingerprint density at radius 1 is 1.22 bits per heavy atom. The second kappa shape index (κ2) is 11.9. The molecule has 7 nitrogen and oxygen atoms in total. The summed E-state index contributed by atoms with van der Waals surface area (Å²) in [5.74, 6) is -0.986. The van der Waals surface area contributed by atoms with Crippen molar-refractivity contribution in [1.82, 2.24) is 4.98 Å². The molecule has 1 rings (SSSR count). The zero-order valence-electron chi connectivity index (χ0n) is 16.9. The van der Waals surface area contributed by atoms with Crippen molar-refractivity contribution in [3.63, 3.8) is 0 Å². The highest BCUT2D eigenvalue weighted by Crippen LogP contribution is 2.38. The van der Waals surface area contributed by atoms with Gasteiger partial charge in [0.1, 0.15) is 5.60 Å². The summed E-state index contributed by atoms with van der Waals surface area (Å²) in [6.07, 6.45) is 3.68. The van der Waals surface area contributed by atoms with Crippen molar-refractivity contribution in [1.29, 1.82) is 0 Å². The maximum absolute atomic E-state index is 11.7. The molecular weight excluding hydrogens is 350 g/mol. The number of carbonyl (C=O) groups is 1. The van der Waals surface area contributed by atoms with Gasteiger partial charge >= 0.3 is 5.97 Å². The highest BCUT2D eigenvalue weighted by atomic mass is 16.5. The number of hydrogen-bond donors (Lipinski definition) is 2. The largest absolute Gasteiger partial charge is 0.481 e. The molecule has 0 fully saturated rings. The lowest BCUT2D eigenvalue weighted by molar-refractivity contribution is -0.177. The summed E-state index contributed by atoms with van der Waals surface area (Å²) in [5, 5.41) is 20.1. The Kier molecular flexibility index (Phi) is 10.3. The Balaban J connectivity index is 3.38. The Bertz CT molecular complexity index is 580. The molecule has 0 aromatic carbocycles. The third-order valence-electron chi connectivity index (χ3n) is 4.61. The minimum atomic E-state index is -1.72. The number of ether oxygens (including phenoxy) is 3. The zero-order valence-corrected chi connectivity index (χ0v) is 16.9. The van der Waals surface area contributed by atoms with Crippen molar-refractivity contribution in [2.45, 2.75) is 71.2 Å². The molecule has 0 aliphatic carbocycles. The third-order valence-corrected chi connectivity index (χ3v) is 4.61. The Labute approximate surface area is 161 Å². The number of carboxylic acids is 1. The predicted octanol–water partition coefficient (Wildman–Crippen LogP) is 3.27. The van der Waals surface area contributed by atoms with E-state index < -0.39 is 17.7 Å². The molecule has 0 bridgehead atoms. The van der Waals surface area contributed by atoms with Crippen LogP contribution in [0.25, 0.3) is 0 Å². The predicted molar refractivity (Wildman–Crippen MR) is 102 cm³/mol. The van der Waals surface area contributed by atoms with E-state index in [0.717, 1.165) is 25.7 Å². The van der Waals surface area contributed by atoms with Crippen molar-refractivity contribution in [3.05, 3.63) is 23.4 Å². The van der Waals surface area contributed by atoms with E-state index in [0.29, 0.717) is 30.2 Å². The molecule has 7 heteroatoms. The molecule has 0 aliphatic heterocycles. The van der Waals surface area contributed by atoms with Crippen LogP contribution in [0.5, 0.6) is 5.88 Å². The number of nitrogens with zero attached hydrogens (tertiary/aromatic N) is 1. The lowest BCUT2D eigenvalue weighted by atomic mass is 9.83. The second-order valence-corrected chi connectivity index (χ2v) is 6.44. The minimum absolute atomic E-state index is 0.206. The number of unbranched alkanes of at least 4 members (excludes halogenated alkanes) is 2. The Morgan fingerprint density at radius 3 is 2.44 bits per heavy atom. The molecule has 0 saturated carbocycles. The van der Waals surface area contributed by atoms with Gasteiger partial charge in [-0.2, -0.15) is 0 Å². The number of aliphatic hydroxyl groups is 1. The molecule has 0 spiro atoms. The summed E-state index contributed by atoms with van der Waals surface area (Å²) in [4.78, 5) is 15.9. The van der Waals surface area contributed by atoms with Crippen LogP contribution in [-0.2, 0) is 26.5 Å². The number of aliphatic carboxylic acids is 1. The van der Waals surface area contributed by atoms with Gasteiger partial charge in [-0.3, -0.25) is 0 Å². The van der Waals surface area contributed by atoms with E-state index in [-0.39, 0.29) is 13.0 Å². The maximum Gasteiger partial charge on any atom is 0.335 e. The first-order valence-electron chi connectivity index (χ1n) is 9.63. The number of aliphatic hydroxyl groups excluding tert-OH is 1. The van der Waals surface area contributed by atoms with Gasteiger partial charge in [-0.25, -0.2) is 9.78 Å². The number of hydrogen-bond acceptors (Lipinski definition) is 6. The Hall–Kier alpha value is -1.70. The molecule has 0 unspecified atom stereocenters. The van der Waals surface area contributed by atoms with Crippen LogP contribution in [-0.4, -0.2) is 47.6 Å². The van der Waals surface area contributed by atoms with Gasteiger partial charge in [-0.15, -0.1) is 0 Å². The van der Waals surface area contributed by atoms with Crippen molar-refractivity contribution in [2.24, 2.45) is 0 Å². The number of methoxy groups -OCH3 is 1. The fourth-order valence-electron chi connectivity index (χ4n) is 2.99. The number of carboxylic acid groups (broad SMARTS) is 1. The monoisotopic (exact) mass is 383 g/mol. The smallest absolute Gasteiger partial charge is 0.335 e. The molecule has 1 heterocycles. The fourth-order valence-corrected chi connectivity index (χ4v) is 2.99.